The van der Waals surface area contributed by atoms with Gasteiger partial charge in [0.05, 0.1) is 17.0 Å². The molecule has 0 N–H and O–H groups in total. The number of carbonyl (C=O) groups is 1. The molecular weight excluding hydrogens is 386 g/mol. The van der Waals surface area contributed by atoms with Crippen molar-refractivity contribution in [3.8, 4) is 5.75 Å². The molecule has 1 heterocycles. The number of para-hydroxylation sites is 1. The maximum Gasteiger partial charge on any atom is 0.343 e. The third-order valence-corrected chi connectivity index (χ3v) is 6.75. The maximum absolute atomic E-state index is 12.8. The van der Waals surface area contributed by atoms with Crippen molar-refractivity contribution >= 4 is 21.7 Å². The number of anilines is 1. The first kappa shape index (κ1) is 19.2. The first-order chi connectivity index (χ1) is 14.0. The van der Waals surface area contributed by atoms with Crippen molar-refractivity contribution < 1.29 is 17.9 Å². The predicted octanol–water partition coefficient (Wildman–Crippen LogP) is 4.04. The molecule has 3 aromatic rings. The molecule has 29 heavy (non-hydrogen) atoms. The molecule has 3 aromatic carbocycles. The van der Waals surface area contributed by atoms with Crippen LogP contribution in [0.25, 0.3) is 0 Å². The highest BCUT2D eigenvalue weighted by atomic mass is 32.2. The number of ether oxygens (including phenoxy) is 1. The van der Waals surface area contributed by atoms with Gasteiger partial charge in [0.25, 0.3) is 0 Å². The molecule has 0 saturated carbocycles. The number of hydrogen-bond donors (Lipinski definition) is 0. The molecule has 1 saturated heterocycles. The molecule has 0 aromatic heterocycles. The van der Waals surface area contributed by atoms with Crippen LogP contribution in [0.4, 0.5) is 5.69 Å². The summed E-state index contributed by atoms with van der Waals surface area (Å²) in [5, 5.41) is 0. The molecule has 6 heteroatoms. The van der Waals surface area contributed by atoms with Gasteiger partial charge in [-0.25, -0.2) is 13.2 Å². The summed E-state index contributed by atoms with van der Waals surface area (Å²) in [5.74, 6) is 0.124. The van der Waals surface area contributed by atoms with E-state index in [-0.39, 0.29) is 5.75 Å². The van der Waals surface area contributed by atoms with Gasteiger partial charge in [-0.05, 0) is 41.8 Å². The SMILES string of the molecule is O=C(Oc1ccccc1Cc1ccccc1)c1cccc(N2CCCS2(=O)=O)c1. The van der Waals surface area contributed by atoms with E-state index in [1.165, 1.54) is 4.31 Å². The van der Waals surface area contributed by atoms with Gasteiger partial charge >= 0.3 is 5.97 Å². The molecule has 0 radical (unpaired) electrons. The number of rotatable bonds is 5. The molecule has 0 aliphatic carbocycles. The van der Waals surface area contributed by atoms with Crippen molar-refractivity contribution in [2.75, 3.05) is 16.6 Å². The van der Waals surface area contributed by atoms with Crippen molar-refractivity contribution in [2.24, 2.45) is 0 Å². The summed E-state index contributed by atoms with van der Waals surface area (Å²) in [7, 11) is -3.30. The summed E-state index contributed by atoms with van der Waals surface area (Å²) in [6.45, 7) is 0.431. The Balaban J connectivity index is 1.56. The highest BCUT2D eigenvalue weighted by molar-refractivity contribution is 7.93. The van der Waals surface area contributed by atoms with Crippen molar-refractivity contribution in [1.29, 1.82) is 0 Å². The van der Waals surface area contributed by atoms with E-state index < -0.39 is 16.0 Å². The highest BCUT2D eigenvalue weighted by Crippen LogP contribution is 2.26. The lowest BCUT2D eigenvalue weighted by Gasteiger charge is -2.17. The van der Waals surface area contributed by atoms with E-state index in [4.69, 9.17) is 4.74 Å². The largest absolute Gasteiger partial charge is 0.423 e. The number of carbonyl (C=O) groups excluding carboxylic acids is 1. The number of esters is 1. The fourth-order valence-corrected chi connectivity index (χ4v) is 5.00. The second-order valence-electron chi connectivity index (χ2n) is 6.95. The van der Waals surface area contributed by atoms with Crippen molar-refractivity contribution in [3.63, 3.8) is 0 Å². The Morgan fingerprint density at radius 1 is 0.931 bits per heavy atom. The van der Waals surface area contributed by atoms with E-state index >= 15 is 0 Å². The monoisotopic (exact) mass is 407 g/mol. The van der Waals surface area contributed by atoms with E-state index in [0.717, 1.165) is 11.1 Å². The smallest absolute Gasteiger partial charge is 0.343 e. The zero-order valence-corrected chi connectivity index (χ0v) is 16.6. The van der Waals surface area contributed by atoms with E-state index in [9.17, 15) is 13.2 Å². The van der Waals surface area contributed by atoms with Gasteiger partial charge in [0.2, 0.25) is 10.0 Å². The summed E-state index contributed by atoms with van der Waals surface area (Å²) in [5.41, 5.74) is 2.84. The van der Waals surface area contributed by atoms with Gasteiger partial charge in [-0.2, -0.15) is 0 Å². The first-order valence-corrected chi connectivity index (χ1v) is 11.1. The van der Waals surface area contributed by atoms with Crippen LogP contribution in [0.3, 0.4) is 0 Å². The summed E-state index contributed by atoms with van der Waals surface area (Å²) in [6.07, 6.45) is 1.24. The highest BCUT2D eigenvalue weighted by Gasteiger charge is 2.28. The minimum Gasteiger partial charge on any atom is -0.423 e. The summed E-state index contributed by atoms with van der Waals surface area (Å²) < 4.78 is 31.3. The van der Waals surface area contributed by atoms with Crippen molar-refractivity contribution in [2.45, 2.75) is 12.8 Å². The summed E-state index contributed by atoms with van der Waals surface area (Å²) in [4.78, 5) is 12.8. The third kappa shape index (κ3) is 4.32. The van der Waals surface area contributed by atoms with E-state index in [2.05, 4.69) is 0 Å². The van der Waals surface area contributed by atoms with Gasteiger partial charge < -0.3 is 4.74 Å². The van der Waals surface area contributed by atoms with Crippen LogP contribution in [-0.2, 0) is 16.4 Å². The normalized spacial score (nSPS) is 15.2. The zero-order valence-electron chi connectivity index (χ0n) is 15.8. The van der Waals surface area contributed by atoms with Crippen LogP contribution in [0.2, 0.25) is 0 Å². The lowest BCUT2D eigenvalue weighted by molar-refractivity contribution is 0.0733. The second-order valence-corrected chi connectivity index (χ2v) is 8.96. The average Bonchev–Trinajstić information content (AvgIpc) is 3.09. The number of nitrogens with zero attached hydrogens (tertiary/aromatic N) is 1. The Kier molecular flexibility index (Phi) is 5.36. The van der Waals surface area contributed by atoms with Crippen molar-refractivity contribution in [1.82, 2.24) is 0 Å². The van der Waals surface area contributed by atoms with E-state index in [0.29, 0.717) is 36.4 Å². The number of hydrogen-bond acceptors (Lipinski definition) is 4. The molecule has 4 rings (SSSR count). The molecule has 5 nitrogen and oxygen atoms in total. The van der Waals surface area contributed by atoms with E-state index in [1.54, 1.807) is 30.3 Å². The fraction of sp³-hybridized carbons (Fsp3) is 0.174. The molecule has 0 bridgehead atoms. The van der Waals surface area contributed by atoms with Gasteiger partial charge in [-0.15, -0.1) is 0 Å². The fourth-order valence-electron chi connectivity index (χ4n) is 3.44. The predicted molar refractivity (Wildman–Crippen MR) is 113 cm³/mol. The maximum atomic E-state index is 12.8. The number of sulfonamides is 1. The molecule has 0 spiro atoms. The molecule has 1 aliphatic rings. The molecule has 0 unspecified atom stereocenters. The Morgan fingerprint density at radius 2 is 1.69 bits per heavy atom. The van der Waals surface area contributed by atoms with Crippen LogP contribution in [0.1, 0.15) is 27.9 Å². The lowest BCUT2D eigenvalue weighted by atomic mass is 10.0. The molecule has 1 aliphatic heterocycles. The van der Waals surface area contributed by atoms with Crippen LogP contribution in [-0.4, -0.2) is 26.7 Å². The first-order valence-electron chi connectivity index (χ1n) is 9.47. The van der Waals surface area contributed by atoms with Gasteiger partial charge in [0, 0.05) is 13.0 Å². The van der Waals surface area contributed by atoms with Crippen LogP contribution < -0.4 is 9.04 Å². The topological polar surface area (TPSA) is 63.7 Å². The van der Waals surface area contributed by atoms with Gasteiger partial charge in [0.1, 0.15) is 5.75 Å². The Hall–Kier alpha value is -3.12. The molecular formula is C23H21NO4S. The standard InChI is InChI=1S/C23H21NO4S/c25-23(20-11-6-12-21(17-20)24-14-7-15-29(24,26)27)28-22-13-5-4-10-19(22)16-18-8-2-1-3-9-18/h1-6,8-13,17H,7,14-16H2. The number of benzene rings is 3. The summed E-state index contributed by atoms with van der Waals surface area (Å²) >= 11 is 0. The van der Waals surface area contributed by atoms with Crippen LogP contribution in [0.15, 0.2) is 78.9 Å². The Morgan fingerprint density at radius 3 is 2.45 bits per heavy atom. The van der Waals surface area contributed by atoms with Gasteiger partial charge in [-0.1, -0.05) is 54.6 Å². The average molecular weight is 407 g/mol. The quantitative estimate of drug-likeness (QED) is 0.473. The Bertz CT molecular complexity index is 1130. The van der Waals surface area contributed by atoms with Gasteiger partial charge in [-0.3, -0.25) is 4.31 Å². The molecule has 148 valence electrons. The molecule has 0 atom stereocenters. The molecule has 1 fully saturated rings. The minimum absolute atomic E-state index is 0.133. The molecule has 0 amide bonds. The summed E-state index contributed by atoms with van der Waals surface area (Å²) in [6, 6.07) is 24.0. The zero-order chi connectivity index (χ0) is 20.3. The lowest BCUT2D eigenvalue weighted by Crippen LogP contribution is -2.25. The minimum atomic E-state index is -3.30. The second kappa shape index (κ2) is 8.09. The van der Waals surface area contributed by atoms with Crippen LogP contribution >= 0.6 is 0 Å². The van der Waals surface area contributed by atoms with Crippen molar-refractivity contribution in [3.05, 3.63) is 95.6 Å². The van der Waals surface area contributed by atoms with Crippen LogP contribution in [0, 0.1) is 0 Å². The third-order valence-electron chi connectivity index (χ3n) is 4.88. The van der Waals surface area contributed by atoms with E-state index in [1.807, 2.05) is 48.5 Å². The van der Waals surface area contributed by atoms with Gasteiger partial charge in [0.15, 0.2) is 0 Å². The Labute approximate surface area is 170 Å². The van der Waals surface area contributed by atoms with Crippen LogP contribution in [0.5, 0.6) is 5.75 Å².